The van der Waals surface area contributed by atoms with Gasteiger partial charge in [-0.15, -0.1) is 21.5 Å². The van der Waals surface area contributed by atoms with E-state index in [1.165, 1.54) is 4.88 Å². The van der Waals surface area contributed by atoms with Crippen molar-refractivity contribution >= 4 is 17.2 Å². The molecule has 1 saturated heterocycles. The Balaban J connectivity index is 1.61. The highest BCUT2D eigenvalue weighted by Crippen LogP contribution is 2.26. The fourth-order valence-electron chi connectivity index (χ4n) is 2.73. The van der Waals surface area contributed by atoms with Gasteiger partial charge < -0.3 is 14.1 Å². The molecule has 1 amide bonds. The van der Waals surface area contributed by atoms with Gasteiger partial charge in [0.2, 0.25) is 17.7 Å². The van der Waals surface area contributed by atoms with Crippen molar-refractivity contribution < 1.29 is 13.9 Å². The van der Waals surface area contributed by atoms with E-state index in [2.05, 4.69) is 21.6 Å². The Morgan fingerprint density at radius 2 is 2.33 bits per heavy atom. The van der Waals surface area contributed by atoms with Crippen molar-refractivity contribution in [2.75, 3.05) is 19.8 Å². The van der Waals surface area contributed by atoms with Crippen molar-refractivity contribution in [1.29, 1.82) is 0 Å². The molecule has 1 aliphatic heterocycles. The maximum absolute atomic E-state index is 12.6. The fraction of sp³-hybridized carbons (Fsp3) is 0.588. The van der Waals surface area contributed by atoms with Gasteiger partial charge in [-0.25, -0.2) is 0 Å². The number of rotatable bonds is 6. The first-order chi connectivity index (χ1) is 11.6. The van der Waals surface area contributed by atoms with E-state index >= 15 is 0 Å². The van der Waals surface area contributed by atoms with Crippen molar-refractivity contribution in [1.82, 2.24) is 15.1 Å². The second kappa shape index (κ2) is 7.90. The molecule has 24 heavy (non-hydrogen) atoms. The van der Waals surface area contributed by atoms with E-state index in [9.17, 15) is 4.79 Å². The molecular weight excluding hydrogens is 326 g/mol. The van der Waals surface area contributed by atoms with Gasteiger partial charge >= 0.3 is 0 Å². The summed E-state index contributed by atoms with van der Waals surface area (Å²) in [7, 11) is 0. The Morgan fingerprint density at radius 3 is 3.04 bits per heavy atom. The average Bonchev–Trinajstić information content (AvgIpc) is 3.26. The number of aromatic nitrogens is 2. The van der Waals surface area contributed by atoms with Crippen LogP contribution >= 0.6 is 11.3 Å². The van der Waals surface area contributed by atoms with E-state index in [1.54, 1.807) is 11.3 Å². The van der Waals surface area contributed by atoms with Crippen LogP contribution in [0.25, 0.3) is 0 Å². The van der Waals surface area contributed by atoms with Crippen LogP contribution in [-0.2, 0) is 16.0 Å². The lowest BCUT2D eigenvalue weighted by Gasteiger charge is -2.33. The molecule has 7 heteroatoms. The number of carbonyl (C=O) groups excluding carboxylic acids is 1. The molecule has 3 rings (SSSR count). The summed E-state index contributed by atoms with van der Waals surface area (Å²) in [4.78, 5) is 15.8. The minimum Gasteiger partial charge on any atom is -0.423 e. The third-order valence-electron chi connectivity index (χ3n) is 4.08. The lowest BCUT2D eigenvalue weighted by molar-refractivity contribution is -0.141. The van der Waals surface area contributed by atoms with Crippen LogP contribution < -0.4 is 0 Å². The molecule has 3 heterocycles. The summed E-state index contributed by atoms with van der Waals surface area (Å²) in [6, 6.07) is 3.88. The molecule has 6 nitrogen and oxygen atoms in total. The highest BCUT2D eigenvalue weighted by atomic mass is 32.1. The number of ether oxygens (including phenoxy) is 1. The summed E-state index contributed by atoms with van der Waals surface area (Å²) in [6.45, 7) is 5.54. The van der Waals surface area contributed by atoms with Gasteiger partial charge in [0.15, 0.2) is 0 Å². The maximum Gasteiger partial charge on any atom is 0.241 e. The Morgan fingerprint density at radius 1 is 1.46 bits per heavy atom. The second-order valence-corrected chi connectivity index (χ2v) is 7.28. The van der Waals surface area contributed by atoms with Gasteiger partial charge in [0.1, 0.15) is 6.04 Å². The number of nitrogens with zero attached hydrogens (tertiary/aromatic N) is 3. The lowest BCUT2D eigenvalue weighted by Crippen LogP contribution is -2.43. The minimum atomic E-state index is -0.270. The molecule has 0 spiro atoms. The third kappa shape index (κ3) is 4.02. The summed E-state index contributed by atoms with van der Waals surface area (Å²) in [6.07, 6.45) is 2.32. The van der Waals surface area contributed by atoms with E-state index in [0.29, 0.717) is 38.0 Å². The number of hydrogen-bond donors (Lipinski definition) is 0. The first-order valence-corrected chi connectivity index (χ1v) is 9.26. The molecule has 0 saturated carbocycles. The highest BCUT2D eigenvalue weighted by molar-refractivity contribution is 7.09. The van der Waals surface area contributed by atoms with Crippen molar-refractivity contribution in [2.24, 2.45) is 0 Å². The largest absolute Gasteiger partial charge is 0.423 e. The van der Waals surface area contributed by atoms with Crippen LogP contribution in [0.15, 0.2) is 21.9 Å². The maximum atomic E-state index is 12.6. The zero-order chi connectivity index (χ0) is 16.9. The van der Waals surface area contributed by atoms with E-state index in [-0.39, 0.29) is 17.9 Å². The summed E-state index contributed by atoms with van der Waals surface area (Å²) in [5, 5.41) is 10.3. The van der Waals surface area contributed by atoms with Crippen LogP contribution in [0, 0.1) is 0 Å². The molecule has 0 bridgehead atoms. The van der Waals surface area contributed by atoms with Gasteiger partial charge in [-0.05, 0) is 24.3 Å². The Kier molecular flexibility index (Phi) is 5.63. The van der Waals surface area contributed by atoms with Crippen LogP contribution in [0.4, 0.5) is 0 Å². The molecule has 0 radical (unpaired) electrons. The van der Waals surface area contributed by atoms with Crippen LogP contribution in [0.2, 0.25) is 0 Å². The number of carbonyl (C=O) groups is 1. The first-order valence-electron chi connectivity index (χ1n) is 8.38. The van der Waals surface area contributed by atoms with Crippen LogP contribution in [-0.4, -0.2) is 40.8 Å². The third-order valence-corrected chi connectivity index (χ3v) is 5.01. The van der Waals surface area contributed by atoms with Crippen molar-refractivity contribution in [3.8, 4) is 0 Å². The molecule has 2 aromatic heterocycles. The molecule has 130 valence electrons. The van der Waals surface area contributed by atoms with Gasteiger partial charge in [-0.1, -0.05) is 19.9 Å². The molecule has 1 atom stereocenters. The van der Waals surface area contributed by atoms with Gasteiger partial charge in [-0.2, -0.15) is 0 Å². The van der Waals surface area contributed by atoms with Gasteiger partial charge in [-0.3, -0.25) is 4.79 Å². The normalized spacial score (nSPS) is 18.3. The monoisotopic (exact) mass is 349 g/mol. The topological polar surface area (TPSA) is 68.5 Å². The van der Waals surface area contributed by atoms with Crippen molar-refractivity contribution in [3.05, 3.63) is 34.2 Å². The molecule has 1 aliphatic rings. The Bertz CT molecular complexity index is 654. The van der Waals surface area contributed by atoms with Crippen molar-refractivity contribution in [2.45, 2.75) is 45.1 Å². The van der Waals surface area contributed by atoms with Gasteiger partial charge in [0.05, 0.1) is 13.2 Å². The Labute approximate surface area is 145 Å². The van der Waals surface area contributed by atoms with Crippen LogP contribution in [0.1, 0.15) is 55.3 Å². The second-order valence-electron chi connectivity index (χ2n) is 6.24. The molecule has 0 N–H and O–H groups in total. The van der Waals surface area contributed by atoms with Gasteiger partial charge in [0, 0.05) is 23.8 Å². The number of amides is 1. The van der Waals surface area contributed by atoms with Crippen LogP contribution in [0.3, 0.4) is 0 Å². The predicted molar refractivity (Wildman–Crippen MR) is 90.9 cm³/mol. The summed E-state index contributed by atoms with van der Waals surface area (Å²) in [5.74, 6) is 1.38. The minimum absolute atomic E-state index is 0.129. The predicted octanol–water partition coefficient (Wildman–Crippen LogP) is 3.18. The summed E-state index contributed by atoms with van der Waals surface area (Å²) < 4.78 is 11.3. The number of morpholine rings is 1. The number of thiophene rings is 1. The standard InChI is InChI=1S/C17H23N3O3S/c1-12(2)16-18-19-17(23-16)14-11-22-9-8-20(14)15(21)7-3-5-13-6-4-10-24-13/h4,6,10,12,14H,3,5,7-9,11H2,1-2H3/t14-/m0/s1. The molecule has 1 fully saturated rings. The highest BCUT2D eigenvalue weighted by Gasteiger charge is 2.32. The van der Waals surface area contributed by atoms with Gasteiger partial charge in [0.25, 0.3) is 0 Å². The van der Waals surface area contributed by atoms with E-state index in [0.717, 1.165) is 12.8 Å². The average molecular weight is 349 g/mol. The lowest BCUT2D eigenvalue weighted by atomic mass is 10.1. The molecule has 2 aromatic rings. The SMILES string of the molecule is CC(C)c1nnc([C@@H]2COCCN2C(=O)CCCc2cccs2)o1. The van der Waals surface area contributed by atoms with Crippen LogP contribution in [0.5, 0.6) is 0 Å². The first kappa shape index (κ1) is 17.1. The summed E-state index contributed by atoms with van der Waals surface area (Å²) in [5.41, 5.74) is 0. The quantitative estimate of drug-likeness (QED) is 0.801. The molecule has 0 unspecified atom stereocenters. The Hall–Kier alpha value is -1.73. The zero-order valence-corrected chi connectivity index (χ0v) is 14.9. The zero-order valence-electron chi connectivity index (χ0n) is 14.1. The van der Waals surface area contributed by atoms with E-state index in [4.69, 9.17) is 9.15 Å². The van der Waals surface area contributed by atoms with E-state index < -0.39 is 0 Å². The van der Waals surface area contributed by atoms with E-state index in [1.807, 2.05) is 24.8 Å². The summed E-state index contributed by atoms with van der Waals surface area (Å²) >= 11 is 1.73. The fourth-order valence-corrected chi connectivity index (χ4v) is 3.48. The smallest absolute Gasteiger partial charge is 0.241 e. The molecule has 0 aliphatic carbocycles. The number of aryl methyl sites for hydroxylation is 1. The molecule has 0 aromatic carbocycles. The molecular formula is C17H23N3O3S. The van der Waals surface area contributed by atoms with Crippen molar-refractivity contribution in [3.63, 3.8) is 0 Å². The number of hydrogen-bond acceptors (Lipinski definition) is 6.